The van der Waals surface area contributed by atoms with Crippen molar-refractivity contribution < 1.29 is 23.5 Å². The fourth-order valence-corrected chi connectivity index (χ4v) is 4.89. The van der Waals surface area contributed by atoms with Gasteiger partial charge >= 0.3 is 7.60 Å². The van der Waals surface area contributed by atoms with Crippen molar-refractivity contribution in [3.63, 3.8) is 0 Å². The Bertz CT molecular complexity index is 1090. The van der Waals surface area contributed by atoms with E-state index >= 15 is 0 Å². The van der Waals surface area contributed by atoms with Crippen LogP contribution in [-0.2, 0) is 15.7 Å². The van der Waals surface area contributed by atoms with Gasteiger partial charge in [0.15, 0.2) is 5.16 Å². The Kier molecular flexibility index (Phi) is 6.99. The predicted octanol–water partition coefficient (Wildman–Crippen LogP) is 5.53. The summed E-state index contributed by atoms with van der Waals surface area (Å²) in [7, 11) is -3.35. The molecule has 10 heteroatoms. The highest BCUT2D eigenvalue weighted by Gasteiger charge is 2.45. The topological polar surface area (TPSA) is 92.5 Å². The van der Waals surface area contributed by atoms with Crippen molar-refractivity contribution in [1.82, 2.24) is 9.97 Å². The average Bonchev–Trinajstić information content (AvgIpc) is 2.71. The molecule has 1 aromatic heterocycles. The first-order chi connectivity index (χ1) is 14.1. The van der Waals surface area contributed by atoms with E-state index in [9.17, 15) is 18.7 Å². The fourth-order valence-electron chi connectivity index (χ4n) is 2.66. The van der Waals surface area contributed by atoms with Crippen molar-refractivity contribution >= 4 is 35.3 Å². The SMILES string of the molecule is COc1ccc(-c2ccnc(SCc3ccc(C(C)(F)P(=O)(O)O)c(Br)c3)n2)cc1. The fraction of sp³-hybridized carbons (Fsp3) is 0.200. The summed E-state index contributed by atoms with van der Waals surface area (Å²) in [4.78, 5) is 27.4. The van der Waals surface area contributed by atoms with Crippen LogP contribution < -0.4 is 4.74 Å². The maximum atomic E-state index is 14.6. The molecule has 0 spiro atoms. The van der Waals surface area contributed by atoms with Crippen molar-refractivity contribution in [2.24, 2.45) is 0 Å². The van der Waals surface area contributed by atoms with Crippen LogP contribution in [0.25, 0.3) is 11.3 Å². The third-order valence-corrected chi connectivity index (χ3v) is 7.38. The second kappa shape index (κ2) is 9.16. The summed E-state index contributed by atoms with van der Waals surface area (Å²) in [5.41, 5.74) is 2.45. The molecule has 0 amide bonds. The highest BCUT2D eigenvalue weighted by Crippen LogP contribution is 2.59. The van der Waals surface area contributed by atoms with Crippen LogP contribution >= 0.6 is 35.3 Å². The summed E-state index contributed by atoms with van der Waals surface area (Å²) < 4.78 is 31.5. The number of nitrogens with zero attached hydrogens (tertiary/aromatic N) is 2. The number of benzene rings is 2. The van der Waals surface area contributed by atoms with Crippen molar-refractivity contribution in [2.45, 2.75) is 23.2 Å². The number of hydrogen-bond donors (Lipinski definition) is 2. The minimum atomic E-state index is -4.97. The molecule has 2 aromatic carbocycles. The smallest absolute Gasteiger partial charge is 0.366 e. The quantitative estimate of drug-likeness (QED) is 0.244. The molecule has 0 fully saturated rings. The normalized spacial score (nSPS) is 13.7. The van der Waals surface area contributed by atoms with E-state index in [2.05, 4.69) is 25.9 Å². The highest BCUT2D eigenvalue weighted by atomic mass is 79.9. The molecule has 0 aliphatic rings. The number of thioether (sulfide) groups is 1. The first kappa shape index (κ1) is 22.9. The largest absolute Gasteiger partial charge is 0.497 e. The van der Waals surface area contributed by atoms with Crippen LogP contribution in [0.4, 0.5) is 4.39 Å². The minimum absolute atomic E-state index is 0.0951. The summed E-state index contributed by atoms with van der Waals surface area (Å²) in [6, 6.07) is 14.0. The van der Waals surface area contributed by atoms with Gasteiger partial charge in [-0.15, -0.1) is 0 Å². The van der Waals surface area contributed by atoms with E-state index in [0.717, 1.165) is 29.5 Å². The lowest BCUT2D eigenvalue weighted by Gasteiger charge is -2.23. The van der Waals surface area contributed by atoms with E-state index in [1.165, 1.54) is 17.8 Å². The first-order valence-electron chi connectivity index (χ1n) is 8.75. The third kappa shape index (κ3) is 5.10. The van der Waals surface area contributed by atoms with Crippen LogP contribution in [0.3, 0.4) is 0 Å². The molecule has 3 aromatic rings. The van der Waals surface area contributed by atoms with Crippen LogP contribution in [0, 0.1) is 0 Å². The van der Waals surface area contributed by atoms with Crippen molar-refractivity contribution in [2.75, 3.05) is 7.11 Å². The van der Waals surface area contributed by atoms with E-state index in [1.54, 1.807) is 25.4 Å². The Morgan fingerprint density at radius 3 is 2.50 bits per heavy atom. The molecule has 0 aliphatic heterocycles. The summed E-state index contributed by atoms with van der Waals surface area (Å²) in [6.07, 6.45) is 1.68. The number of methoxy groups -OCH3 is 1. The Balaban J connectivity index is 1.74. The molecule has 2 N–H and O–H groups in total. The number of ether oxygens (including phenoxy) is 1. The lowest BCUT2D eigenvalue weighted by molar-refractivity contribution is 0.221. The van der Waals surface area contributed by atoms with Crippen LogP contribution in [-0.4, -0.2) is 26.9 Å². The van der Waals surface area contributed by atoms with Gasteiger partial charge in [0.05, 0.1) is 12.8 Å². The van der Waals surface area contributed by atoms with Crippen LogP contribution in [0.5, 0.6) is 5.75 Å². The van der Waals surface area contributed by atoms with E-state index in [1.807, 2.05) is 30.3 Å². The van der Waals surface area contributed by atoms with Crippen LogP contribution in [0.2, 0.25) is 0 Å². The van der Waals surface area contributed by atoms with E-state index in [4.69, 9.17) is 4.74 Å². The van der Waals surface area contributed by atoms with Gasteiger partial charge in [0.25, 0.3) is 0 Å². The monoisotopic (exact) mass is 512 g/mol. The van der Waals surface area contributed by atoms with Gasteiger partial charge in [-0.3, -0.25) is 4.57 Å². The van der Waals surface area contributed by atoms with E-state index in [0.29, 0.717) is 15.4 Å². The second-order valence-electron chi connectivity index (χ2n) is 6.55. The van der Waals surface area contributed by atoms with Crippen molar-refractivity contribution in [3.05, 3.63) is 70.3 Å². The number of alkyl halides is 1. The van der Waals surface area contributed by atoms with E-state index < -0.39 is 13.0 Å². The van der Waals surface area contributed by atoms with Gasteiger partial charge in [-0.2, -0.15) is 0 Å². The molecule has 1 heterocycles. The summed E-state index contributed by atoms with van der Waals surface area (Å²) in [5, 5.41) is -2.19. The summed E-state index contributed by atoms with van der Waals surface area (Å²) in [5.74, 6) is 1.27. The molecule has 1 unspecified atom stereocenters. The zero-order chi connectivity index (χ0) is 21.9. The van der Waals surface area contributed by atoms with Crippen molar-refractivity contribution in [3.8, 4) is 17.0 Å². The highest BCUT2D eigenvalue weighted by molar-refractivity contribution is 9.10. The maximum absolute atomic E-state index is 14.6. The molecule has 3 rings (SSSR count). The lowest BCUT2D eigenvalue weighted by Crippen LogP contribution is -2.16. The Hall–Kier alpha value is -1.77. The molecule has 158 valence electrons. The molecule has 0 aliphatic carbocycles. The zero-order valence-corrected chi connectivity index (χ0v) is 19.4. The summed E-state index contributed by atoms with van der Waals surface area (Å²) in [6.45, 7) is 0.876. The lowest BCUT2D eigenvalue weighted by atomic mass is 10.1. The molecular formula is C20H19BrFN2O4PS. The molecule has 30 heavy (non-hydrogen) atoms. The number of rotatable bonds is 7. The average molecular weight is 513 g/mol. The molecule has 0 saturated carbocycles. The van der Waals surface area contributed by atoms with Gasteiger partial charge in [-0.1, -0.05) is 39.8 Å². The Morgan fingerprint density at radius 1 is 1.20 bits per heavy atom. The third-order valence-electron chi connectivity index (χ3n) is 4.46. The Morgan fingerprint density at radius 2 is 1.90 bits per heavy atom. The standard InChI is InChI=1S/C20H19BrFN2O4PS/c1-20(22,29(25,26)27)16-8-3-13(11-17(16)21)12-30-19-23-10-9-18(24-19)14-4-6-15(28-2)7-5-14/h3-11H,12H2,1-2H3,(H2,25,26,27). The summed E-state index contributed by atoms with van der Waals surface area (Å²) >= 11 is 4.62. The predicted molar refractivity (Wildman–Crippen MR) is 118 cm³/mol. The molecule has 0 bridgehead atoms. The molecule has 6 nitrogen and oxygen atoms in total. The van der Waals surface area contributed by atoms with Gasteiger partial charge < -0.3 is 14.5 Å². The van der Waals surface area contributed by atoms with Gasteiger partial charge in [-0.05, 0) is 48.9 Å². The van der Waals surface area contributed by atoms with Crippen LogP contribution in [0.1, 0.15) is 18.1 Å². The number of halogens is 2. The van der Waals surface area contributed by atoms with Gasteiger partial charge in [-0.25, -0.2) is 14.4 Å². The van der Waals surface area contributed by atoms with Crippen LogP contribution in [0.15, 0.2) is 64.4 Å². The Labute approximate surface area is 186 Å². The van der Waals surface area contributed by atoms with Crippen molar-refractivity contribution in [1.29, 1.82) is 0 Å². The maximum Gasteiger partial charge on any atom is 0.366 e. The van der Waals surface area contributed by atoms with Gasteiger partial charge in [0, 0.05) is 27.5 Å². The molecule has 1 atom stereocenters. The molecule has 0 radical (unpaired) electrons. The van der Waals surface area contributed by atoms with Gasteiger partial charge in [0.2, 0.25) is 5.41 Å². The second-order valence-corrected chi connectivity index (χ2v) is 10.3. The minimum Gasteiger partial charge on any atom is -0.497 e. The first-order valence-corrected chi connectivity index (χ1v) is 12.1. The number of aromatic nitrogens is 2. The van der Waals surface area contributed by atoms with Gasteiger partial charge in [0.1, 0.15) is 5.75 Å². The zero-order valence-electron chi connectivity index (χ0n) is 16.1. The molecule has 0 saturated heterocycles. The number of hydrogen-bond acceptors (Lipinski definition) is 5. The van der Waals surface area contributed by atoms with E-state index in [-0.39, 0.29) is 5.56 Å². The molecular weight excluding hydrogens is 494 g/mol.